The number of carbonyl (C=O) groups excluding carboxylic acids is 1. The van der Waals surface area contributed by atoms with Crippen molar-refractivity contribution in [3.63, 3.8) is 0 Å². The van der Waals surface area contributed by atoms with E-state index in [1.807, 2.05) is 59.5 Å². The number of hydrogen-bond donors (Lipinski definition) is 1. The Hall–Kier alpha value is -3.41. The van der Waals surface area contributed by atoms with Crippen LogP contribution in [0.15, 0.2) is 59.0 Å². The summed E-state index contributed by atoms with van der Waals surface area (Å²) in [5.74, 6) is 2.11. The second kappa shape index (κ2) is 7.20. The molecule has 2 aromatic carbocycles. The number of benzene rings is 2. The molecular weight excluding hydrogens is 364 g/mol. The summed E-state index contributed by atoms with van der Waals surface area (Å²) in [5.41, 5.74) is 3.26. The lowest BCUT2D eigenvalue weighted by Crippen LogP contribution is -2.39. The average Bonchev–Trinajstić information content (AvgIpc) is 3.38. The highest BCUT2D eigenvalue weighted by molar-refractivity contribution is 5.93. The highest BCUT2D eigenvalue weighted by Crippen LogP contribution is 2.29. The fourth-order valence-corrected chi connectivity index (χ4v) is 4.00. The highest BCUT2D eigenvalue weighted by atomic mass is 16.4. The fraction of sp³-hybridized carbons (Fsp3) is 0.261. The molecule has 1 aliphatic heterocycles. The molecule has 1 N–H and O–H groups in total. The maximum absolute atomic E-state index is 13.2. The molecular formula is C23H22N4O2. The van der Waals surface area contributed by atoms with Gasteiger partial charge in [-0.1, -0.05) is 30.3 Å². The van der Waals surface area contributed by atoms with Gasteiger partial charge in [-0.15, -0.1) is 0 Å². The lowest BCUT2D eigenvalue weighted by molar-refractivity contribution is 0.0698. The third-order valence-electron chi connectivity index (χ3n) is 5.52. The first-order valence-corrected chi connectivity index (χ1v) is 9.96. The van der Waals surface area contributed by atoms with Crippen LogP contribution in [0.4, 0.5) is 0 Å². The average molecular weight is 386 g/mol. The van der Waals surface area contributed by atoms with Crippen LogP contribution in [-0.2, 0) is 0 Å². The fourth-order valence-electron chi connectivity index (χ4n) is 4.00. The van der Waals surface area contributed by atoms with Gasteiger partial charge < -0.3 is 14.3 Å². The van der Waals surface area contributed by atoms with Crippen LogP contribution in [-0.4, -0.2) is 38.8 Å². The Labute approximate surface area is 168 Å². The minimum Gasteiger partial charge on any atom is -0.441 e. The molecule has 2 aromatic heterocycles. The van der Waals surface area contributed by atoms with Gasteiger partial charge in [-0.25, -0.2) is 9.97 Å². The van der Waals surface area contributed by atoms with Crippen molar-refractivity contribution in [1.82, 2.24) is 19.9 Å². The summed E-state index contributed by atoms with van der Waals surface area (Å²) in [6.07, 6.45) is 1.95. The standard InChI is InChI=1S/C23H22N4O2/c1-15-20(26-22(29-15)16-8-3-2-4-9-16)23(28)27-13-7-10-17(14-27)21-24-18-11-5-6-12-19(18)25-21/h2-6,8-9,11-12,17H,7,10,13-14H2,1H3,(H,24,25)/t17-/m0/s1. The van der Waals surface area contributed by atoms with Gasteiger partial charge >= 0.3 is 0 Å². The van der Waals surface area contributed by atoms with E-state index in [0.29, 0.717) is 23.9 Å². The van der Waals surface area contributed by atoms with Crippen LogP contribution >= 0.6 is 0 Å². The van der Waals surface area contributed by atoms with Crippen molar-refractivity contribution < 1.29 is 9.21 Å². The Morgan fingerprint density at radius 2 is 1.90 bits per heavy atom. The Kier molecular flexibility index (Phi) is 4.39. The first-order valence-electron chi connectivity index (χ1n) is 9.96. The Morgan fingerprint density at radius 3 is 2.72 bits per heavy atom. The number of aryl methyl sites for hydroxylation is 1. The van der Waals surface area contributed by atoms with Gasteiger partial charge in [-0.3, -0.25) is 4.79 Å². The molecule has 0 radical (unpaired) electrons. The molecule has 4 aromatic rings. The molecule has 3 heterocycles. The van der Waals surface area contributed by atoms with E-state index < -0.39 is 0 Å². The SMILES string of the molecule is Cc1oc(-c2ccccc2)nc1C(=O)N1CCC[C@H](c2nc3ccccc3[nH]2)C1. The van der Waals surface area contributed by atoms with Crippen LogP contribution in [0.5, 0.6) is 0 Å². The predicted octanol–water partition coefficient (Wildman–Crippen LogP) is 4.55. The molecule has 1 amide bonds. The van der Waals surface area contributed by atoms with Gasteiger partial charge in [-0.05, 0) is 44.0 Å². The number of nitrogens with one attached hydrogen (secondary N) is 1. The zero-order valence-corrected chi connectivity index (χ0v) is 16.3. The molecule has 0 aliphatic carbocycles. The van der Waals surface area contributed by atoms with E-state index in [1.54, 1.807) is 6.92 Å². The molecule has 1 saturated heterocycles. The minimum absolute atomic E-state index is 0.0748. The molecule has 0 saturated carbocycles. The Morgan fingerprint density at radius 1 is 1.10 bits per heavy atom. The van der Waals surface area contributed by atoms with Crippen molar-refractivity contribution in [1.29, 1.82) is 0 Å². The molecule has 5 rings (SSSR count). The van der Waals surface area contributed by atoms with Crippen LogP contribution in [0.1, 0.15) is 40.8 Å². The van der Waals surface area contributed by atoms with Gasteiger partial charge in [0.15, 0.2) is 5.69 Å². The van der Waals surface area contributed by atoms with Crippen molar-refractivity contribution >= 4 is 16.9 Å². The molecule has 6 heteroatoms. The Bertz CT molecular complexity index is 1130. The third-order valence-corrected chi connectivity index (χ3v) is 5.52. The number of hydrogen-bond acceptors (Lipinski definition) is 4. The molecule has 0 spiro atoms. The summed E-state index contributed by atoms with van der Waals surface area (Å²) in [6.45, 7) is 3.15. The number of fused-ring (bicyclic) bond motifs is 1. The van der Waals surface area contributed by atoms with E-state index in [1.165, 1.54) is 0 Å². The first-order chi connectivity index (χ1) is 14.2. The predicted molar refractivity (Wildman–Crippen MR) is 111 cm³/mol. The lowest BCUT2D eigenvalue weighted by Gasteiger charge is -2.31. The van der Waals surface area contributed by atoms with Gasteiger partial charge in [0.05, 0.1) is 11.0 Å². The van der Waals surface area contributed by atoms with Crippen LogP contribution in [0.3, 0.4) is 0 Å². The number of likely N-dealkylation sites (tertiary alicyclic amines) is 1. The number of piperidine rings is 1. The van der Waals surface area contributed by atoms with Crippen molar-refractivity contribution in [2.24, 2.45) is 0 Å². The molecule has 0 unspecified atom stereocenters. The summed E-state index contributed by atoms with van der Waals surface area (Å²) >= 11 is 0. The van der Waals surface area contributed by atoms with E-state index in [9.17, 15) is 4.79 Å². The molecule has 0 bridgehead atoms. The second-order valence-electron chi connectivity index (χ2n) is 7.52. The first kappa shape index (κ1) is 17.7. The van der Waals surface area contributed by atoms with Crippen molar-refractivity contribution in [2.45, 2.75) is 25.7 Å². The van der Waals surface area contributed by atoms with Crippen LogP contribution in [0.2, 0.25) is 0 Å². The summed E-state index contributed by atoms with van der Waals surface area (Å²) in [5, 5.41) is 0. The highest BCUT2D eigenvalue weighted by Gasteiger charge is 2.30. The van der Waals surface area contributed by atoms with Crippen molar-refractivity contribution in [3.8, 4) is 11.5 Å². The van der Waals surface area contributed by atoms with Crippen LogP contribution < -0.4 is 0 Å². The lowest BCUT2D eigenvalue weighted by atomic mass is 9.97. The van der Waals surface area contributed by atoms with Crippen molar-refractivity contribution in [2.75, 3.05) is 13.1 Å². The minimum atomic E-state index is -0.0748. The van der Waals surface area contributed by atoms with E-state index >= 15 is 0 Å². The molecule has 6 nitrogen and oxygen atoms in total. The van der Waals surface area contributed by atoms with E-state index in [4.69, 9.17) is 9.40 Å². The smallest absolute Gasteiger partial charge is 0.276 e. The number of aromatic nitrogens is 3. The summed E-state index contributed by atoms with van der Waals surface area (Å²) < 4.78 is 5.79. The van der Waals surface area contributed by atoms with Gasteiger partial charge in [-0.2, -0.15) is 0 Å². The van der Waals surface area contributed by atoms with Crippen LogP contribution in [0, 0.1) is 6.92 Å². The summed E-state index contributed by atoms with van der Waals surface area (Å²) in [4.78, 5) is 27.7. The van der Waals surface area contributed by atoms with E-state index in [2.05, 4.69) is 9.97 Å². The number of aromatic amines is 1. The maximum Gasteiger partial charge on any atom is 0.276 e. The Balaban J connectivity index is 1.38. The second-order valence-corrected chi connectivity index (χ2v) is 7.52. The number of rotatable bonds is 3. The summed E-state index contributed by atoms with van der Waals surface area (Å²) in [7, 11) is 0. The normalized spacial score (nSPS) is 17.0. The number of oxazole rings is 1. The zero-order valence-electron chi connectivity index (χ0n) is 16.3. The number of para-hydroxylation sites is 2. The van der Waals surface area contributed by atoms with Gasteiger partial charge in [0, 0.05) is 24.6 Å². The maximum atomic E-state index is 13.2. The quantitative estimate of drug-likeness (QED) is 0.561. The van der Waals surface area contributed by atoms with Gasteiger partial charge in [0.25, 0.3) is 5.91 Å². The van der Waals surface area contributed by atoms with Crippen molar-refractivity contribution in [3.05, 3.63) is 71.9 Å². The summed E-state index contributed by atoms with van der Waals surface area (Å²) in [6, 6.07) is 17.7. The topological polar surface area (TPSA) is 75.0 Å². The number of H-pyrrole nitrogens is 1. The number of carbonyl (C=O) groups is 1. The zero-order chi connectivity index (χ0) is 19.8. The number of amides is 1. The molecule has 1 aliphatic rings. The van der Waals surface area contributed by atoms with Gasteiger partial charge in [0.1, 0.15) is 11.6 Å². The van der Waals surface area contributed by atoms with E-state index in [-0.39, 0.29) is 11.8 Å². The largest absolute Gasteiger partial charge is 0.441 e. The van der Waals surface area contributed by atoms with Gasteiger partial charge in [0.2, 0.25) is 5.89 Å². The molecule has 29 heavy (non-hydrogen) atoms. The molecule has 1 atom stereocenters. The monoisotopic (exact) mass is 386 g/mol. The van der Waals surface area contributed by atoms with E-state index in [0.717, 1.165) is 41.8 Å². The molecule has 1 fully saturated rings. The number of imidazole rings is 1. The number of nitrogens with zero attached hydrogens (tertiary/aromatic N) is 3. The third kappa shape index (κ3) is 3.31. The van der Waals surface area contributed by atoms with Crippen LogP contribution in [0.25, 0.3) is 22.5 Å². The molecule has 146 valence electrons.